The molecule has 5 aliphatic rings. The van der Waals surface area contributed by atoms with Gasteiger partial charge < -0.3 is 81.7 Å². The summed E-state index contributed by atoms with van der Waals surface area (Å²) in [5.41, 5.74) is 29.1. The molecule has 1 aliphatic carbocycles. The second kappa shape index (κ2) is 43.0. The van der Waals surface area contributed by atoms with Crippen LogP contribution in [0.25, 0.3) is 183 Å². The van der Waals surface area contributed by atoms with E-state index in [1.165, 1.54) is 11.1 Å². The standard InChI is InChI=1S/C121H109N9O12.2Co/c1-15-17-19-27-59-121(60-28-20-18-16-2)87-61-73(111-93-51-55-99(126-93)113(75-63-103(131-3)117(139-11)104(64-75)132-4)91-45-38-79(122-91)71-80-39-46-92(123-80)114(100-56-52-94(111)127-100)76-65-105(133-5)118(140-12)106(66-76)134-6)36-43-84(87)85-44-37-74(62-88(85)121)112-95-53-57-101(128-95)115(77-67-107(135-7)119(141-13)108(68-77)136-8)97-49-47-89(124-97)86(42-35-72-33-40-83(41-34-72)130(81-29-23-21-24-30-81)82-31-25-22-26-32-82)90-48-50-98(125-90)116(102-58-54-96(112)129-102)78-69-109(137-9)120(142-14)110(70-78)138-10;;/h21-26,29-58,61-71H,15-20,27-28,59-60H2,1-14H3;;/q-4;2*+2/b42-35+,79-71?,80-71?,89-86?,90-86?,111-93?,111-94?,112-95?,112-96?,113-91?,113-99?,114-92?,114-100?,115-97?,115-101?,116-98?,116-102?;;. The summed E-state index contributed by atoms with van der Waals surface area (Å²) in [4.78, 5) is 47.8. The van der Waals surface area contributed by atoms with Crippen LogP contribution >= 0.6 is 0 Å². The van der Waals surface area contributed by atoms with Gasteiger partial charge in [-0.2, -0.15) is 0 Å². The van der Waals surface area contributed by atoms with Crippen molar-refractivity contribution in [2.24, 2.45) is 0 Å². The zero-order chi connectivity index (χ0) is 97.8. The molecule has 0 fully saturated rings. The molecule has 20 rings (SSSR count). The molecule has 4 aliphatic heterocycles. The molecule has 144 heavy (non-hydrogen) atoms. The molecule has 21 nitrogen and oxygen atoms in total. The Labute approximate surface area is 859 Å². The van der Waals surface area contributed by atoms with Gasteiger partial charge in [-0.05, 0) is 259 Å². The summed E-state index contributed by atoms with van der Waals surface area (Å²) >= 11 is 0. The Morgan fingerprint density at radius 1 is 0.271 bits per heavy atom. The molecule has 728 valence electrons. The minimum atomic E-state index is -0.549. The number of methoxy groups -OCH3 is 12. The number of nitrogens with zero attached hydrogens (tertiary/aromatic N) is 9. The van der Waals surface area contributed by atoms with Gasteiger partial charge in [-0.25, -0.2) is 19.9 Å². The van der Waals surface area contributed by atoms with E-state index in [-0.39, 0.29) is 33.6 Å². The van der Waals surface area contributed by atoms with Gasteiger partial charge in [0.1, 0.15) is 0 Å². The first kappa shape index (κ1) is 98.5. The van der Waals surface area contributed by atoms with Crippen molar-refractivity contribution in [2.45, 2.75) is 83.5 Å². The zero-order valence-corrected chi connectivity index (χ0v) is 84.9. The maximum atomic E-state index is 6.18. The van der Waals surface area contributed by atoms with Gasteiger partial charge in [0.2, 0.25) is 23.0 Å². The molecule has 9 aromatic carbocycles. The van der Waals surface area contributed by atoms with Crippen LogP contribution in [-0.2, 0) is 39.0 Å². The average Bonchev–Trinajstić information content (AvgIpc) is 1.55. The number of hydrogen-bond donors (Lipinski definition) is 0. The fourth-order valence-electron chi connectivity index (χ4n) is 20.7. The smallest absolute Gasteiger partial charge is 0.657 e. The van der Waals surface area contributed by atoms with Crippen molar-refractivity contribution < 1.29 is 90.4 Å². The second-order valence-corrected chi connectivity index (χ2v) is 35.4. The predicted molar refractivity (Wildman–Crippen MR) is 572 cm³/mol. The van der Waals surface area contributed by atoms with Gasteiger partial charge in [0.15, 0.2) is 46.0 Å². The van der Waals surface area contributed by atoms with Gasteiger partial charge in [-0.3, -0.25) is 0 Å². The predicted octanol–water partition coefficient (Wildman–Crippen LogP) is 28.1. The number of ether oxygens (including phenoxy) is 12. The maximum Gasteiger partial charge on any atom is 2.00 e. The van der Waals surface area contributed by atoms with Gasteiger partial charge >= 0.3 is 33.6 Å². The van der Waals surface area contributed by atoms with E-state index < -0.39 is 5.41 Å². The third-order valence-electron chi connectivity index (χ3n) is 27.4. The summed E-state index contributed by atoms with van der Waals surface area (Å²) in [6.45, 7) is 4.57. The summed E-state index contributed by atoms with van der Waals surface area (Å²) in [7, 11) is 19.5. The van der Waals surface area contributed by atoms with Crippen LogP contribution in [0, 0.1) is 0 Å². The molecule has 0 spiro atoms. The van der Waals surface area contributed by atoms with Crippen molar-refractivity contribution in [2.75, 3.05) is 90.2 Å². The fourth-order valence-corrected chi connectivity index (χ4v) is 20.7. The molecule has 16 bridgehead atoms. The Balaban J connectivity index is 0.00000682. The first-order chi connectivity index (χ1) is 69.7. The Hall–Kier alpha value is -15.7. The van der Waals surface area contributed by atoms with Crippen molar-refractivity contribution in [3.63, 3.8) is 0 Å². The quantitative estimate of drug-likeness (QED) is 0.0349. The molecule has 0 N–H and O–H groups in total. The number of unbranched alkanes of at least 4 members (excludes halogenated alkanes) is 6. The van der Waals surface area contributed by atoms with E-state index in [0.717, 1.165) is 159 Å². The molecule has 0 amide bonds. The molecule has 23 heteroatoms. The Kier molecular flexibility index (Phi) is 29.4. The number of fused-ring (bicyclic) bond motifs is 19. The van der Waals surface area contributed by atoms with Crippen molar-refractivity contribution >= 4 is 122 Å². The van der Waals surface area contributed by atoms with Crippen molar-refractivity contribution in [1.82, 2.24) is 39.9 Å². The minimum Gasteiger partial charge on any atom is -0.657 e. The van der Waals surface area contributed by atoms with Gasteiger partial charge in [0.25, 0.3) is 0 Å². The third kappa shape index (κ3) is 18.5. The van der Waals surface area contributed by atoms with Gasteiger partial charge in [-0.1, -0.05) is 205 Å². The van der Waals surface area contributed by atoms with Gasteiger partial charge in [-0.15, -0.1) is 44.1 Å². The molecule has 0 unspecified atom stereocenters. The summed E-state index contributed by atoms with van der Waals surface area (Å²) in [5.74, 6) is 5.57. The molecule has 0 saturated carbocycles. The van der Waals surface area contributed by atoms with E-state index in [4.69, 9.17) is 96.7 Å². The van der Waals surface area contributed by atoms with E-state index >= 15 is 0 Å². The molecule has 0 saturated heterocycles. The van der Waals surface area contributed by atoms with E-state index in [0.29, 0.717) is 170 Å². The van der Waals surface area contributed by atoms with E-state index in [2.05, 4.69) is 213 Å². The van der Waals surface area contributed by atoms with Crippen LogP contribution < -0.4 is 81.7 Å². The Morgan fingerprint density at radius 3 is 0.944 bits per heavy atom. The van der Waals surface area contributed by atoms with Crippen molar-refractivity contribution in [3.05, 3.63) is 292 Å². The van der Waals surface area contributed by atoms with Crippen molar-refractivity contribution in [1.29, 1.82) is 0 Å². The number of rotatable bonds is 33. The second-order valence-electron chi connectivity index (χ2n) is 35.4. The summed E-state index contributed by atoms with van der Waals surface area (Å²) in [5, 5.41) is 0. The van der Waals surface area contributed by atoms with E-state index in [9.17, 15) is 0 Å². The first-order valence-electron chi connectivity index (χ1n) is 48.0. The first-order valence-corrected chi connectivity index (χ1v) is 48.0. The van der Waals surface area contributed by atoms with E-state index in [1.807, 2.05) is 91.0 Å². The minimum absolute atomic E-state index is 0. The zero-order valence-electron chi connectivity index (χ0n) is 82.8. The number of aromatic nitrogens is 8. The molecule has 2 radical (unpaired) electrons. The molecular weight excluding hydrogens is 1890 g/mol. The topological polar surface area (TPSA) is 222 Å². The number of benzene rings is 9. The fraction of sp³-hybridized carbons (Fsp3) is 0.207. The summed E-state index contributed by atoms with van der Waals surface area (Å²) in [6, 6.07) is 77.7. The Bertz CT molecular complexity index is 7670. The van der Waals surface area contributed by atoms with Crippen LogP contribution in [0.1, 0.15) is 146 Å². The number of para-hydroxylation sites is 2. The molecule has 10 heterocycles. The van der Waals surface area contributed by atoms with Gasteiger partial charge in [0.05, 0.1) is 131 Å². The molecule has 6 aromatic heterocycles. The van der Waals surface area contributed by atoms with Crippen LogP contribution in [0.15, 0.2) is 224 Å². The van der Waals surface area contributed by atoms with Gasteiger partial charge in [0, 0.05) is 22.5 Å². The van der Waals surface area contributed by atoms with Crippen LogP contribution in [-0.4, -0.2) is 105 Å². The van der Waals surface area contributed by atoms with Crippen LogP contribution in [0.3, 0.4) is 0 Å². The molecule has 15 aromatic rings. The molecular formula is C121H109Co2N9O12. The maximum absolute atomic E-state index is 6.18. The third-order valence-corrected chi connectivity index (χ3v) is 27.4. The normalized spacial score (nSPS) is 12.3. The largest absolute Gasteiger partial charge is 2.00 e. The van der Waals surface area contributed by atoms with Crippen molar-refractivity contribution in [3.8, 4) is 147 Å². The SMILES string of the molecule is CCCCCCC1(CCCCCC)c2cc(-c3c4nc(c(-c5cc(OC)c(OC)c(OC)c5)c5ccc(cc6nc(c(-c7cc(OC)c(OC)c(OC)c7)c7ccc3[n-]7)C=C6)[n-]5)C=C4)ccc2-c2ccc(-c3c4nc(c(-c5cc(OC)c(OC)c(OC)c5)c5ccc([n-]5)c(/C=C/c5ccc(N(c6ccccc6)c6ccccc6)cc5)c5nc(c(-c6cc(OC)c(OC)c(OC)c6)c6ccc3[n-]6)C=C5)C=C4)cc21.[Co+2].[Co+2]. The summed E-state index contributed by atoms with van der Waals surface area (Å²) in [6.07, 6.45) is 30.8. The monoisotopic (exact) mass is 2000 g/mol. The Morgan fingerprint density at radius 2 is 0.583 bits per heavy atom. The van der Waals surface area contributed by atoms with Crippen LogP contribution in [0.4, 0.5) is 17.1 Å². The van der Waals surface area contributed by atoms with Crippen LogP contribution in [0.2, 0.25) is 0 Å². The van der Waals surface area contributed by atoms with E-state index in [1.54, 1.807) is 85.3 Å². The van der Waals surface area contributed by atoms with Crippen LogP contribution in [0.5, 0.6) is 69.0 Å². The average molecular weight is 2000 g/mol. The number of hydrogen-bond acceptors (Lipinski definition) is 17. The number of anilines is 3. The molecule has 0 atom stereocenters. The summed E-state index contributed by atoms with van der Waals surface area (Å²) < 4.78 is 72.9.